The first kappa shape index (κ1) is 30.7. The molecule has 0 saturated heterocycles. The van der Waals surface area contributed by atoms with Gasteiger partial charge in [0.05, 0.1) is 12.1 Å². The molecule has 1 aromatic heterocycles. The number of amides is 1. The van der Waals surface area contributed by atoms with E-state index in [9.17, 15) is 14.7 Å². The van der Waals surface area contributed by atoms with Gasteiger partial charge in [-0.15, -0.1) is 4.65 Å². The lowest BCUT2D eigenvalue weighted by atomic mass is 9.92. The van der Waals surface area contributed by atoms with Gasteiger partial charge in [-0.1, -0.05) is 91.7 Å². The van der Waals surface area contributed by atoms with E-state index in [2.05, 4.69) is 31.2 Å². The van der Waals surface area contributed by atoms with Crippen LogP contribution in [0.15, 0.2) is 95.4 Å². The van der Waals surface area contributed by atoms with Gasteiger partial charge in [0.15, 0.2) is 0 Å². The van der Waals surface area contributed by atoms with Crippen molar-refractivity contribution in [2.24, 2.45) is 0 Å². The summed E-state index contributed by atoms with van der Waals surface area (Å²) in [5.74, 6) is -0.0543. The minimum Gasteiger partial charge on any atom is -0.477 e. The van der Waals surface area contributed by atoms with E-state index in [0.29, 0.717) is 17.3 Å². The van der Waals surface area contributed by atoms with Gasteiger partial charge in [0.1, 0.15) is 18.9 Å². The quantitative estimate of drug-likeness (QED) is 0.151. The Bertz CT molecular complexity index is 1830. The Balaban J connectivity index is 1.30. The van der Waals surface area contributed by atoms with Crippen LogP contribution in [0.3, 0.4) is 0 Å². The van der Waals surface area contributed by atoms with E-state index in [1.807, 2.05) is 42.5 Å². The second kappa shape index (κ2) is 13.4. The third-order valence-corrected chi connectivity index (χ3v) is 8.86. The number of carboxylic acid groups (broad SMARTS) is 1. The van der Waals surface area contributed by atoms with Gasteiger partial charge >= 0.3 is 11.9 Å². The van der Waals surface area contributed by atoms with E-state index < -0.39 is 16.7 Å². The number of quaternary nitrogens is 1. The van der Waals surface area contributed by atoms with Crippen LogP contribution >= 0.6 is 11.6 Å². The van der Waals surface area contributed by atoms with Crippen LogP contribution < -0.4 is 0 Å². The maximum absolute atomic E-state index is 14.2. The molecule has 2 unspecified atom stereocenters. The second-order valence-corrected chi connectivity index (χ2v) is 12.1. The van der Waals surface area contributed by atoms with Crippen molar-refractivity contribution in [3.05, 3.63) is 124 Å². The third-order valence-electron chi connectivity index (χ3n) is 8.61. The lowest BCUT2D eigenvalue weighted by Gasteiger charge is -2.41. The van der Waals surface area contributed by atoms with Crippen LogP contribution in [0.5, 0.6) is 0 Å². The fourth-order valence-corrected chi connectivity index (χ4v) is 6.26. The number of hydroxylamine groups is 3. The zero-order valence-corrected chi connectivity index (χ0v) is 26.0. The molecule has 0 aliphatic carbocycles. The van der Waals surface area contributed by atoms with E-state index in [0.717, 1.165) is 63.7 Å². The molecule has 0 fully saturated rings. The van der Waals surface area contributed by atoms with Crippen molar-refractivity contribution in [2.45, 2.75) is 58.0 Å². The predicted molar refractivity (Wildman–Crippen MR) is 173 cm³/mol. The molecule has 2 atom stereocenters. The molecule has 1 aliphatic heterocycles. The zero-order valence-electron chi connectivity index (χ0n) is 25.2. The lowest BCUT2D eigenvalue weighted by Crippen LogP contribution is -2.64. The molecular weight excluding hydrogens is 588 g/mol. The number of carbonyl (C=O) groups excluding carboxylic acids is 1. The normalized spacial score (nSPS) is 17.7. The first-order valence-electron chi connectivity index (χ1n) is 15.4. The van der Waals surface area contributed by atoms with E-state index in [-0.39, 0.29) is 31.9 Å². The van der Waals surface area contributed by atoms with Crippen LogP contribution in [-0.4, -0.2) is 39.3 Å². The Hall–Kier alpha value is -4.30. The number of unbranched alkanes of at least 4 members (excludes halogenated alkanes) is 1. The first-order chi connectivity index (χ1) is 21.9. The number of oxazole rings is 1. The van der Waals surface area contributed by atoms with Crippen molar-refractivity contribution in [2.75, 3.05) is 6.61 Å². The number of benzene rings is 4. The Labute approximate surface area is 267 Å². The molecule has 5 aromatic rings. The van der Waals surface area contributed by atoms with Crippen LogP contribution in [-0.2, 0) is 46.7 Å². The standard InChI is InChI=1S/C37H35ClN2O5/c1-2-3-12-34-32(39-36(45-34)29-16-15-26-8-4-5-9-27(26)22-29)19-20-44-40(35(41)21-25-13-17-31(38)18-14-25)24-30-11-7-6-10-28(30)23-33(40)37(42)43/h4-11,13-18,22,33H,2-3,12,19-21,23-24H2,1H3/p+1. The van der Waals surface area contributed by atoms with Gasteiger partial charge in [0, 0.05) is 35.4 Å². The first-order valence-corrected chi connectivity index (χ1v) is 15.8. The van der Waals surface area contributed by atoms with Crippen molar-refractivity contribution in [3.8, 4) is 11.5 Å². The summed E-state index contributed by atoms with van der Waals surface area (Å²) in [4.78, 5) is 38.3. The highest BCUT2D eigenvalue weighted by molar-refractivity contribution is 6.30. The topological polar surface area (TPSA) is 89.6 Å². The fraction of sp³-hybridized carbons (Fsp3) is 0.270. The summed E-state index contributed by atoms with van der Waals surface area (Å²) in [6.45, 7) is 2.36. The van der Waals surface area contributed by atoms with Gasteiger partial charge in [-0.3, -0.25) is 0 Å². The molecule has 4 aromatic carbocycles. The largest absolute Gasteiger partial charge is 0.477 e. The highest BCUT2D eigenvalue weighted by Gasteiger charge is 2.54. The maximum atomic E-state index is 14.2. The Kier molecular flexibility index (Phi) is 9.12. The molecule has 0 spiro atoms. The number of aryl methyl sites for hydroxylation is 1. The van der Waals surface area contributed by atoms with E-state index in [4.69, 9.17) is 25.8 Å². The SMILES string of the molecule is CCCCc1oc(-c2ccc3ccccc3c2)nc1CCO[N+]1(C(=O)Cc2ccc(Cl)cc2)Cc2ccccc2CC1C(=O)O. The van der Waals surface area contributed by atoms with Crippen molar-refractivity contribution >= 4 is 34.2 Å². The minimum atomic E-state index is -1.09. The molecule has 0 radical (unpaired) electrons. The molecule has 0 saturated carbocycles. The van der Waals surface area contributed by atoms with Gasteiger partial charge in [0.2, 0.25) is 11.9 Å². The number of aliphatic carboxylic acids is 1. The van der Waals surface area contributed by atoms with Gasteiger partial charge in [-0.05, 0) is 52.6 Å². The molecule has 7 nitrogen and oxygen atoms in total. The molecule has 230 valence electrons. The number of aromatic nitrogens is 1. The Morgan fingerprint density at radius 3 is 2.44 bits per heavy atom. The summed E-state index contributed by atoms with van der Waals surface area (Å²) in [6.07, 6.45) is 3.25. The third kappa shape index (κ3) is 6.57. The van der Waals surface area contributed by atoms with E-state index >= 15 is 0 Å². The Morgan fingerprint density at radius 2 is 1.69 bits per heavy atom. The van der Waals surface area contributed by atoms with E-state index in [1.165, 1.54) is 0 Å². The number of rotatable bonds is 11. The van der Waals surface area contributed by atoms with Crippen LogP contribution in [0.25, 0.3) is 22.2 Å². The van der Waals surface area contributed by atoms with E-state index in [1.54, 1.807) is 24.3 Å². The van der Waals surface area contributed by atoms with Gasteiger partial charge in [0.25, 0.3) is 0 Å². The Morgan fingerprint density at radius 1 is 0.956 bits per heavy atom. The number of carbonyl (C=O) groups is 2. The summed E-state index contributed by atoms with van der Waals surface area (Å²) < 4.78 is 5.69. The number of hydrogen-bond acceptors (Lipinski definition) is 5. The minimum absolute atomic E-state index is 0.0148. The second-order valence-electron chi connectivity index (χ2n) is 11.6. The molecular formula is C37H36ClN2O5+. The highest BCUT2D eigenvalue weighted by Crippen LogP contribution is 2.34. The molecule has 1 amide bonds. The monoisotopic (exact) mass is 623 g/mol. The summed E-state index contributed by atoms with van der Waals surface area (Å²) in [5.41, 5.74) is 4.22. The van der Waals surface area contributed by atoms with Gasteiger partial charge < -0.3 is 9.52 Å². The molecule has 6 rings (SSSR count). The van der Waals surface area contributed by atoms with Gasteiger partial charge in [-0.2, -0.15) is 4.84 Å². The van der Waals surface area contributed by atoms with Crippen molar-refractivity contribution in [1.82, 2.24) is 4.98 Å². The highest BCUT2D eigenvalue weighted by atomic mass is 35.5. The predicted octanol–water partition coefficient (Wildman–Crippen LogP) is 7.76. The van der Waals surface area contributed by atoms with Crippen molar-refractivity contribution in [1.29, 1.82) is 0 Å². The van der Waals surface area contributed by atoms with Crippen LogP contribution in [0.4, 0.5) is 0 Å². The van der Waals surface area contributed by atoms with Crippen molar-refractivity contribution in [3.63, 3.8) is 0 Å². The number of fused-ring (bicyclic) bond motifs is 2. The summed E-state index contributed by atoms with van der Waals surface area (Å²) in [6, 6.07) is 27.9. The summed E-state index contributed by atoms with van der Waals surface area (Å²) in [5, 5.41) is 13.2. The number of carboxylic acids is 1. The molecule has 0 bridgehead atoms. The number of nitrogens with zero attached hydrogens (tertiary/aromatic N) is 2. The smallest absolute Gasteiger partial charge is 0.366 e. The fourth-order valence-electron chi connectivity index (χ4n) is 6.14. The van der Waals surface area contributed by atoms with Crippen LogP contribution in [0.1, 0.15) is 47.9 Å². The number of hydrogen-bond donors (Lipinski definition) is 1. The average Bonchev–Trinajstić information content (AvgIpc) is 3.46. The van der Waals surface area contributed by atoms with Crippen LogP contribution in [0.2, 0.25) is 5.02 Å². The van der Waals surface area contributed by atoms with Crippen molar-refractivity contribution < 1.29 is 28.6 Å². The zero-order chi connectivity index (χ0) is 31.4. The molecule has 45 heavy (non-hydrogen) atoms. The van der Waals surface area contributed by atoms with Gasteiger partial charge in [-0.25, -0.2) is 14.6 Å². The van der Waals surface area contributed by atoms with Crippen LogP contribution in [0, 0.1) is 0 Å². The molecule has 2 heterocycles. The average molecular weight is 624 g/mol. The summed E-state index contributed by atoms with van der Waals surface area (Å²) in [7, 11) is 0. The molecule has 8 heteroatoms. The molecule has 1 N–H and O–H groups in total. The lowest BCUT2D eigenvalue weighted by molar-refractivity contribution is -1.07. The number of halogens is 1. The maximum Gasteiger partial charge on any atom is 0.366 e. The molecule has 1 aliphatic rings. The summed E-state index contributed by atoms with van der Waals surface area (Å²) >= 11 is 6.08.